The molecule has 1 aromatic rings. The molecule has 0 spiro atoms. The van der Waals surface area contributed by atoms with Crippen molar-refractivity contribution >= 4 is 11.8 Å². The van der Waals surface area contributed by atoms with E-state index in [4.69, 9.17) is 0 Å². The number of amides is 2. The second-order valence-corrected chi connectivity index (χ2v) is 6.63. The smallest absolute Gasteiger partial charge is 0.254 e. The van der Waals surface area contributed by atoms with Gasteiger partial charge in [0.2, 0.25) is 5.91 Å². The molecule has 1 aromatic carbocycles. The van der Waals surface area contributed by atoms with Gasteiger partial charge in [0.1, 0.15) is 0 Å². The van der Waals surface area contributed by atoms with Gasteiger partial charge >= 0.3 is 0 Å². The van der Waals surface area contributed by atoms with E-state index in [0.717, 1.165) is 49.2 Å². The third-order valence-electron chi connectivity index (χ3n) is 4.87. The van der Waals surface area contributed by atoms with Gasteiger partial charge in [-0.05, 0) is 38.3 Å². The number of piperazine rings is 1. The van der Waals surface area contributed by atoms with Gasteiger partial charge in [-0.15, -0.1) is 0 Å². The van der Waals surface area contributed by atoms with Crippen LogP contribution in [0, 0.1) is 13.8 Å². The van der Waals surface area contributed by atoms with Gasteiger partial charge in [0.15, 0.2) is 0 Å². The van der Waals surface area contributed by atoms with Crippen molar-refractivity contribution < 1.29 is 9.59 Å². The summed E-state index contributed by atoms with van der Waals surface area (Å²) in [5.41, 5.74) is 2.91. The third kappa shape index (κ3) is 3.39. The van der Waals surface area contributed by atoms with Gasteiger partial charge in [-0.25, -0.2) is 0 Å². The largest absolute Gasteiger partial charge is 0.337 e. The van der Waals surface area contributed by atoms with Gasteiger partial charge in [0.25, 0.3) is 5.91 Å². The SMILES string of the molecule is Cc1ccc(C)c(C(=O)N2CCCC(N3CCNCC3=O)C2)c1. The summed E-state index contributed by atoms with van der Waals surface area (Å²) in [5.74, 6) is 0.251. The van der Waals surface area contributed by atoms with Crippen molar-refractivity contribution in [3.8, 4) is 0 Å². The first-order valence-electron chi connectivity index (χ1n) is 8.43. The number of hydrogen-bond donors (Lipinski definition) is 1. The van der Waals surface area contributed by atoms with Crippen LogP contribution in [0.5, 0.6) is 0 Å². The van der Waals surface area contributed by atoms with E-state index in [0.29, 0.717) is 13.1 Å². The Bertz CT molecular complexity index is 614. The number of nitrogens with zero attached hydrogens (tertiary/aromatic N) is 2. The van der Waals surface area contributed by atoms with Gasteiger partial charge in [-0.1, -0.05) is 17.7 Å². The van der Waals surface area contributed by atoms with E-state index >= 15 is 0 Å². The van der Waals surface area contributed by atoms with Crippen molar-refractivity contribution in [2.24, 2.45) is 0 Å². The Balaban J connectivity index is 1.74. The lowest BCUT2D eigenvalue weighted by Gasteiger charge is -2.41. The van der Waals surface area contributed by atoms with Gasteiger partial charge < -0.3 is 15.1 Å². The van der Waals surface area contributed by atoms with E-state index in [1.165, 1.54) is 0 Å². The number of benzene rings is 1. The van der Waals surface area contributed by atoms with Gasteiger partial charge in [-0.2, -0.15) is 0 Å². The molecule has 2 fully saturated rings. The Morgan fingerprint density at radius 3 is 2.87 bits per heavy atom. The fraction of sp³-hybridized carbons (Fsp3) is 0.556. The van der Waals surface area contributed by atoms with Crippen LogP contribution in [0.25, 0.3) is 0 Å². The van der Waals surface area contributed by atoms with E-state index in [1.54, 1.807) is 0 Å². The molecule has 2 aliphatic rings. The molecule has 0 saturated carbocycles. The summed E-state index contributed by atoms with van der Waals surface area (Å²) in [6, 6.07) is 6.17. The molecule has 0 bridgehead atoms. The van der Waals surface area contributed by atoms with Crippen molar-refractivity contribution in [3.05, 3.63) is 34.9 Å². The maximum Gasteiger partial charge on any atom is 0.254 e. The number of carbonyl (C=O) groups is 2. The molecule has 0 aromatic heterocycles. The van der Waals surface area contributed by atoms with Crippen LogP contribution in [0.15, 0.2) is 18.2 Å². The molecule has 0 aliphatic carbocycles. The van der Waals surface area contributed by atoms with Gasteiger partial charge in [0.05, 0.1) is 6.54 Å². The lowest BCUT2D eigenvalue weighted by molar-refractivity contribution is -0.135. The van der Waals surface area contributed by atoms with Crippen molar-refractivity contribution in [2.45, 2.75) is 32.7 Å². The van der Waals surface area contributed by atoms with Crippen LogP contribution >= 0.6 is 0 Å². The molecule has 1 N–H and O–H groups in total. The summed E-state index contributed by atoms with van der Waals surface area (Å²) in [7, 11) is 0. The van der Waals surface area contributed by atoms with Crippen molar-refractivity contribution in [1.82, 2.24) is 15.1 Å². The lowest BCUT2D eigenvalue weighted by Crippen LogP contribution is -2.57. The zero-order valence-corrected chi connectivity index (χ0v) is 14.0. The first-order valence-corrected chi connectivity index (χ1v) is 8.43. The van der Waals surface area contributed by atoms with Crippen LogP contribution in [0.3, 0.4) is 0 Å². The van der Waals surface area contributed by atoms with Crippen LogP contribution in [-0.2, 0) is 4.79 Å². The molecule has 5 nitrogen and oxygen atoms in total. The Kier molecular flexibility index (Phi) is 4.66. The fourth-order valence-corrected chi connectivity index (χ4v) is 3.54. The topological polar surface area (TPSA) is 52.7 Å². The standard InChI is InChI=1S/C18H25N3O2/c1-13-5-6-14(2)16(10-13)18(23)20-8-3-4-15(12-20)21-9-7-19-11-17(21)22/h5-6,10,15,19H,3-4,7-9,11-12H2,1-2H3. The van der Waals surface area contributed by atoms with Crippen molar-refractivity contribution in [3.63, 3.8) is 0 Å². The van der Waals surface area contributed by atoms with E-state index in [9.17, 15) is 9.59 Å². The van der Waals surface area contributed by atoms with Crippen LogP contribution in [0.1, 0.15) is 34.3 Å². The lowest BCUT2D eigenvalue weighted by atomic mass is 10.00. The molecule has 2 aliphatic heterocycles. The molecule has 5 heteroatoms. The maximum absolute atomic E-state index is 12.9. The second-order valence-electron chi connectivity index (χ2n) is 6.63. The number of carbonyl (C=O) groups excluding carboxylic acids is 2. The molecule has 3 rings (SSSR count). The predicted molar refractivity (Wildman–Crippen MR) is 89.4 cm³/mol. The van der Waals surface area contributed by atoms with E-state index in [2.05, 4.69) is 5.32 Å². The summed E-state index contributed by atoms with van der Waals surface area (Å²) in [6.45, 7) is 7.42. The first kappa shape index (κ1) is 16.0. The third-order valence-corrected chi connectivity index (χ3v) is 4.87. The minimum atomic E-state index is 0.0958. The van der Waals surface area contributed by atoms with Gasteiger partial charge in [0, 0.05) is 37.8 Å². The molecule has 2 heterocycles. The van der Waals surface area contributed by atoms with Crippen molar-refractivity contribution in [1.29, 1.82) is 0 Å². The fourth-order valence-electron chi connectivity index (χ4n) is 3.54. The minimum absolute atomic E-state index is 0.0958. The molecule has 124 valence electrons. The van der Waals surface area contributed by atoms with Crippen LogP contribution in [0.2, 0.25) is 0 Å². The summed E-state index contributed by atoms with van der Waals surface area (Å²) in [4.78, 5) is 28.9. The molecule has 23 heavy (non-hydrogen) atoms. The highest BCUT2D eigenvalue weighted by Gasteiger charge is 2.32. The minimum Gasteiger partial charge on any atom is -0.337 e. The Morgan fingerprint density at radius 2 is 2.09 bits per heavy atom. The number of rotatable bonds is 2. The quantitative estimate of drug-likeness (QED) is 0.896. The van der Waals surface area contributed by atoms with Crippen LogP contribution in [0.4, 0.5) is 0 Å². The number of likely N-dealkylation sites (tertiary alicyclic amines) is 1. The summed E-state index contributed by atoms with van der Waals surface area (Å²) in [6.07, 6.45) is 1.95. The number of piperidine rings is 1. The highest BCUT2D eigenvalue weighted by Crippen LogP contribution is 2.21. The highest BCUT2D eigenvalue weighted by atomic mass is 16.2. The van der Waals surface area contributed by atoms with E-state index in [1.807, 2.05) is 41.8 Å². The average Bonchev–Trinajstić information content (AvgIpc) is 2.57. The van der Waals surface area contributed by atoms with Crippen LogP contribution < -0.4 is 5.32 Å². The van der Waals surface area contributed by atoms with E-state index < -0.39 is 0 Å². The normalized spacial score (nSPS) is 22.3. The molecular formula is C18H25N3O2. The predicted octanol–water partition coefficient (Wildman–Crippen LogP) is 1.34. The van der Waals surface area contributed by atoms with E-state index in [-0.39, 0.29) is 17.9 Å². The zero-order chi connectivity index (χ0) is 16.4. The Hall–Kier alpha value is -1.88. The molecule has 0 radical (unpaired) electrons. The number of nitrogens with one attached hydrogen (secondary N) is 1. The summed E-state index contributed by atoms with van der Waals surface area (Å²) >= 11 is 0. The van der Waals surface area contributed by atoms with Gasteiger partial charge in [-0.3, -0.25) is 9.59 Å². The monoisotopic (exact) mass is 315 g/mol. The highest BCUT2D eigenvalue weighted by molar-refractivity contribution is 5.96. The average molecular weight is 315 g/mol. The van der Waals surface area contributed by atoms with Crippen molar-refractivity contribution in [2.75, 3.05) is 32.7 Å². The zero-order valence-electron chi connectivity index (χ0n) is 14.0. The molecular weight excluding hydrogens is 290 g/mol. The summed E-state index contributed by atoms with van der Waals surface area (Å²) in [5, 5.41) is 3.11. The molecule has 2 saturated heterocycles. The van der Waals surface area contributed by atoms with Crippen LogP contribution in [-0.4, -0.2) is 60.4 Å². The molecule has 1 unspecified atom stereocenters. The summed E-state index contributed by atoms with van der Waals surface area (Å²) < 4.78 is 0. The Labute approximate surface area is 137 Å². The number of hydrogen-bond acceptors (Lipinski definition) is 3. The number of aryl methyl sites for hydroxylation is 2. The first-order chi connectivity index (χ1) is 11.1. The second kappa shape index (κ2) is 6.71. The molecule has 2 amide bonds. The molecule has 1 atom stereocenters. The maximum atomic E-state index is 12.9. The Morgan fingerprint density at radius 1 is 1.26 bits per heavy atom.